The van der Waals surface area contributed by atoms with Gasteiger partial charge in [-0.15, -0.1) is 0 Å². The SMILES string of the molecule is CNS(=O)(=O)c1ccc(C(=O)NCCOc2ccc(C(C)C)cc2)o1. The summed E-state index contributed by atoms with van der Waals surface area (Å²) in [5, 5.41) is 2.30. The van der Waals surface area contributed by atoms with Gasteiger partial charge in [-0.1, -0.05) is 26.0 Å². The zero-order valence-electron chi connectivity index (χ0n) is 14.4. The second-order valence-electron chi connectivity index (χ2n) is 5.65. The van der Waals surface area contributed by atoms with Crippen molar-refractivity contribution in [3.05, 3.63) is 47.7 Å². The minimum absolute atomic E-state index is 0.0740. The molecule has 1 amide bonds. The van der Waals surface area contributed by atoms with E-state index in [1.807, 2.05) is 24.3 Å². The quantitative estimate of drug-likeness (QED) is 0.698. The fraction of sp³-hybridized carbons (Fsp3) is 0.353. The van der Waals surface area contributed by atoms with E-state index in [1.54, 1.807) is 0 Å². The molecule has 25 heavy (non-hydrogen) atoms. The molecule has 0 atom stereocenters. The highest BCUT2D eigenvalue weighted by Crippen LogP contribution is 2.18. The Morgan fingerprint density at radius 1 is 1.16 bits per heavy atom. The van der Waals surface area contributed by atoms with Crippen molar-refractivity contribution >= 4 is 15.9 Å². The van der Waals surface area contributed by atoms with Crippen molar-refractivity contribution in [3.8, 4) is 5.75 Å². The van der Waals surface area contributed by atoms with E-state index in [2.05, 4.69) is 23.9 Å². The molecular weight excluding hydrogens is 344 g/mol. The van der Waals surface area contributed by atoms with E-state index in [4.69, 9.17) is 9.15 Å². The fourth-order valence-electron chi connectivity index (χ4n) is 2.06. The zero-order valence-corrected chi connectivity index (χ0v) is 15.2. The summed E-state index contributed by atoms with van der Waals surface area (Å²) in [4.78, 5) is 11.9. The molecule has 0 saturated heterocycles. The molecule has 0 saturated carbocycles. The van der Waals surface area contributed by atoms with Crippen LogP contribution in [0.4, 0.5) is 0 Å². The molecule has 0 spiro atoms. The Hall–Kier alpha value is -2.32. The second kappa shape index (κ2) is 8.17. The summed E-state index contributed by atoms with van der Waals surface area (Å²) in [5.41, 5.74) is 1.23. The Bertz CT molecular complexity index is 810. The van der Waals surface area contributed by atoms with Crippen molar-refractivity contribution in [2.45, 2.75) is 24.9 Å². The maximum absolute atomic E-state index is 11.9. The summed E-state index contributed by atoms with van der Waals surface area (Å²) >= 11 is 0. The first-order valence-corrected chi connectivity index (χ1v) is 9.36. The minimum atomic E-state index is -3.70. The van der Waals surface area contributed by atoms with E-state index < -0.39 is 15.9 Å². The van der Waals surface area contributed by atoms with Gasteiger partial charge < -0.3 is 14.5 Å². The van der Waals surface area contributed by atoms with Gasteiger partial charge in [0.05, 0.1) is 6.54 Å². The van der Waals surface area contributed by atoms with Gasteiger partial charge in [-0.25, -0.2) is 13.1 Å². The van der Waals surface area contributed by atoms with Gasteiger partial charge >= 0.3 is 0 Å². The first kappa shape index (κ1) is 19.0. The number of amides is 1. The van der Waals surface area contributed by atoms with Gasteiger partial charge in [0.15, 0.2) is 5.76 Å². The Labute approximate surface area is 147 Å². The minimum Gasteiger partial charge on any atom is -0.492 e. The summed E-state index contributed by atoms with van der Waals surface area (Å²) in [6.45, 7) is 4.79. The van der Waals surface area contributed by atoms with E-state index in [9.17, 15) is 13.2 Å². The van der Waals surface area contributed by atoms with Crippen LogP contribution >= 0.6 is 0 Å². The number of carbonyl (C=O) groups excluding carboxylic acids is 1. The summed E-state index contributed by atoms with van der Waals surface area (Å²) in [6.07, 6.45) is 0. The van der Waals surface area contributed by atoms with Crippen LogP contribution in [0.5, 0.6) is 5.75 Å². The molecule has 0 bridgehead atoms. The standard InChI is InChI=1S/C17H22N2O5S/c1-12(2)13-4-6-14(7-5-13)23-11-10-19-17(20)15-8-9-16(24-15)25(21,22)18-3/h4-9,12,18H,10-11H2,1-3H3,(H,19,20). The van der Waals surface area contributed by atoms with Crippen LogP contribution in [0, 0.1) is 0 Å². The van der Waals surface area contributed by atoms with Crippen LogP contribution < -0.4 is 14.8 Å². The average molecular weight is 366 g/mol. The number of rotatable bonds is 8. The van der Waals surface area contributed by atoms with Crippen LogP contribution in [0.15, 0.2) is 45.9 Å². The monoisotopic (exact) mass is 366 g/mol. The van der Waals surface area contributed by atoms with Gasteiger partial charge in [0.25, 0.3) is 15.9 Å². The normalized spacial score (nSPS) is 11.5. The van der Waals surface area contributed by atoms with Crippen LogP contribution in [0.1, 0.15) is 35.9 Å². The molecule has 1 aromatic heterocycles. The third kappa shape index (κ3) is 5.07. The van der Waals surface area contributed by atoms with Crippen LogP contribution in [0.3, 0.4) is 0 Å². The third-order valence-electron chi connectivity index (χ3n) is 3.54. The number of hydrogen-bond acceptors (Lipinski definition) is 5. The Balaban J connectivity index is 1.81. The van der Waals surface area contributed by atoms with E-state index in [1.165, 1.54) is 24.7 Å². The van der Waals surface area contributed by atoms with Crippen LogP contribution in [-0.2, 0) is 10.0 Å². The highest BCUT2D eigenvalue weighted by Gasteiger charge is 2.19. The molecule has 1 heterocycles. The smallest absolute Gasteiger partial charge is 0.287 e. The Morgan fingerprint density at radius 3 is 2.44 bits per heavy atom. The Morgan fingerprint density at radius 2 is 1.84 bits per heavy atom. The molecule has 0 aliphatic rings. The molecule has 0 aliphatic heterocycles. The van der Waals surface area contributed by atoms with Crippen LogP contribution in [0.2, 0.25) is 0 Å². The van der Waals surface area contributed by atoms with Crippen molar-refractivity contribution in [1.82, 2.24) is 10.0 Å². The number of ether oxygens (including phenoxy) is 1. The molecule has 0 unspecified atom stereocenters. The molecule has 7 nitrogen and oxygen atoms in total. The fourth-order valence-corrected chi connectivity index (χ4v) is 2.70. The van der Waals surface area contributed by atoms with Crippen molar-refractivity contribution in [3.63, 3.8) is 0 Å². The molecule has 0 aliphatic carbocycles. The lowest BCUT2D eigenvalue weighted by Crippen LogP contribution is -2.27. The number of furan rings is 1. The van der Waals surface area contributed by atoms with E-state index in [0.717, 1.165) is 5.75 Å². The second-order valence-corrected chi connectivity index (χ2v) is 7.47. The molecule has 136 valence electrons. The van der Waals surface area contributed by atoms with E-state index in [-0.39, 0.29) is 24.0 Å². The predicted molar refractivity (Wildman–Crippen MR) is 93.3 cm³/mol. The molecule has 2 N–H and O–H groups in total. The lowest BCUT2D eigenvalue weighted by molar-refractivity contribution is 0.0914. The lowest BCUT2D eigenvalue weighted by atomic mass is 10.0. The number of hydrogen-bond donors (Lipinski definition) is 2. The van der Waals surface area contributed by atoms with Crippen molar-refractivity contribution < 1.29 is 22.4 Å². The Kier molecular flexibility index (Phi) is 6.22. The molecular formula is C17H22N2O5S. The maximum atomic E-state index is 11.9. The topological polar surface area (TPSA) is 97.6 Å². The van der Waals surface area contributed by atoms with Gasteiger partial charge in [0.1, 0.15) is 12.4 Å². The third-order valence-corrected chi connectivity index (χ3v) is 4.83. The van der Waals surface area contributed by atoms with E-state index >= 15 is 0 Å². The molecule has 0 radical (unpaired) electrons. The van der Waals surface area contributed by atoms with Crippen LogP contribution in [0.25, 0.3) is 0 Å². The summed E-state index contributed by atoms with van der Waals surface area (Å²) in [6, 6.07) is 10.3. The molecule has 1 aromatic carbocycles. The van der Waals surface area contributed by atoms with Crippen LogP contribution in [-0.4, -0.2) is 34.5 Å². The van der Waals surface area contributed by atoms with Gasteiger partial charge in [-0.2, -0.15) is 0 Å². The highest BCUT2D eigenvalue weighted by molar-refractivity contribution is 7.89. The van der Waals surface area contributed by atoms with Gasteiger partial charge in [0, 0.05) is 0 Å². The highest BCUT2D eigenvalue weighted by atomic mass is 32.2. The summed E-state index contributed by atoms with van der Waals surface area (Å²) in [7, 11) is -2.44. The molecule has 2 aromatic rings. The molecule has 8 heteroatoms. The first-order valence-electron chi connectivity index (χ1n) is 7.88. The molecule has 2 rings (SSSR count). The van der Waals surface area contributed by atoms with Crippen molar-refractivity contribution in [2.24, 2.45) is 0 Å². The van der Waals surface area contributed by atoms with Crippen molar-refractivity contribution in [2.75, 3.05) is 20.2 Å². The van der Waals surface area contributed by atoms with E-state index in [0.29, 0.717) is 5.92 Å². The number of benzene rings is 1. The maximum Gasteiger partial charge on any atom is 0.287 e. The van der Waals surface area contributed by atoms with Crippen molar-refractivity contribution in [1.29, 1.82) is 0 Å². The summed E-state index contributed by atoms with van der Waals surface area (Å²) < 4.78 is 35.8. The first-order chi connectivity index (χ1) is 11.8. The van der Waals surface area contributed by atoms with Gasteiger partial charge in [0.2, 0.25) is 5.09 Å². The summed E-state index contributed by atoms with van der Waals surface area (Å²) in [5.74, 6) is 0.601. The predicted octanol–water partition coefficient (Wildman–Crippen LogP) is 2.12. The number of sulfonamides is 1. The van der Waals surface area contributed by atoms with Gasteiger partial charge in [-0.3, -0.25) is 4.79 Å². The zero-order chi connectivity index (χ0) is 18.4. The van der Waals surface area contributed by atoms with Gasteiger partial charge in [-0.05, 0) is 42.8 Å². The lowest BCUT2D eigenvalue weighted by Gasteiger charge is -2.09. The average Bonchev–Trinajstić information content (AvgIpc) is 3.10. The number of nitrogens with one attached hydrogen (secondary N) is 2. The number of carbonyl (C=O) groups is 1. The molecule has 0 fully saturated rings. The largest absolute Gasteiger partial charge is 0.492 e.